The maximum Gasteiger partial charge on any atom is 0.0423 e. The Morgan fingerprint density at radius 2 is 2.27 bits per heavy atom. The van der Waals surface area contributed by atoms with E-state index >= 15 is 0 Å². The zero-order valence-electron chi connectivity index (χ0n) is 7.28. The predicted molar refractivity (Wildman–Crippen MR) is 46.6 cm³/mol. The van der Waals surface area contributed by atoms with Crippen LogP contribution in [0.1, 0.15) is 20.3 Å². The van der Waals surface area contributed by atoms with Crippen LogP contribution in [0.5, 0.6) is 0 Å². The van der Waals surface area contributed by atoms with Gasteiger partial charge in [0.05, 0.1) is 0 Å². The first-order valence-electron chi connectivity index (χ1n) is 4.42. The largest absolute Gasteiger partial charge is 0.311 e. The lowest BCUT2D eigenvalue weighted by Crippen LogP contribution is -2.42. The van der Waals surface area contributed by atoms with Crippen LogP contribution >= 0.6 is 0 Å². The molecule has 62 valence electrons. The average Bonchev–Trinajstić information content (AvgIpc) is 2.34. The lowest BCUT2D eigenvalue weighted by atomic mass is 9.94. The Kier molecular flexibility index (Phi) is 1.74. The van der Waals surface area contributed by atoms with Crippen LogP contribution in [0.3, 0.4) is 0 Å². The molecule has 2 heterocycles. The molecule has 2 unspecified atom stereocenters. The van der Waals surface area contributed by atoms with E-state index in [4.69, 9.17) is 0 Å². The number of rotatable bonds is 0. The van der Waals surface area contributed by atoms with Gasteiger partial charge in [0, 0.05) is 25.2 Å². The Labute approximate surface area is 68.1 Å². The van der Waals surface area contributed by atoms with Crippen molar-refractivity contribution in [3.8, 4) is 0 Å². The summed E-state index contributed by atoms with van der Waals surface area (Å²) in [6, 6.07) is 1.31. The molecule has 2 nitrogen and oxygen atoms in total. The van der Waals surface area contributed by atoms with Crippen molar-refractivity contribution in [1.82, 2.24) is 10.6 Å². The lowest BCUT2D eigenvalue weighted by molar-refractivity contribution is 0.467. The van der Waals surface area contributed by atoms with Gasteiger partial charge in [-0.3, -0.25) is 0 Å². The van der Waals surface area contributed by atoms with Crippen LogP contribution in [0.15, 0.2) is 11.1 Å². The van der Waals surface area contributed by atoms with Gasteiger partial charge in [-0.15, -0.1) is 0 Å². The standard InChI is InChI=1S/C9H16N2/c1-6-3-7(2)11-9-5-10-4-8(6)9/h7,9-11H,3-5H2,1-2H3. The smallest absolute Gasteiger partial charge is 0.0423 e. The first-order chi connectivity index (χ1) is 5.27. The van der Waals surface area contributed by atoms with Crippen LogP contribution in [-0.2, 0) is 0 Å². The van der Waals surface area contributed by atoms with E-state index < -0.39 is 0 Å². The van der Waals surface area contributed by atoms with E-state index in [1.807, 2.05) is 0 Å². The van der Waals surface area contributed by atoms with Gasteiger partial charge in [0.25, 0.3) is 0 Å². The quantitative estimate of drug-likeness (QED) is 0.498. The highest BCUT2D eigenvalue weighted by atomic mass is 15.1. The first-order valence-corrected chi connectivity index (χ1v) is 4.42. The fourth-order valence-corrected chi connectivity index (χ4v) is 2.20. The average molecular weight is 152 g/mol. The molecule has 2 rings (SSSR count). The number of fused-ring (bicyclic) bond motifs is 1. The molecule has 1 fully saturated rings. The van der Waals surface area contributed by atoms with Gasteiger partial charge in [0.15, 0.2) is 0 Å². The summed E-state index contributed by atoms with van der Waals surface area (Å²) in [7, 11) is 0. The second-order valence-electron chi connectivity index (χ2n) is 3.76. The van der Waals surface area contributed by atoms with Gasteiger partial charge >= 0.3 is 0 Å². The third-order valence-electron chi connectivity index (χ3n) is 2.73. The monoisotopic (exact) mass is 152 g/mol. The highest BCUT2D eigenvalue weighted by molar-refractivity contribution is 5.27. The van der Waals surface area contributed by atoms with Crippen LogP contribution in [0.4, 0.5) is 0 Å². The molecule has 0 bridgehead atoms. The van der Waals surface area contributed by atoms with Crippen molar-refractivity contribution < 1.29 is 0 Å². The highest BCUT2D eigenvalue weighted by Gasteiger charge is 2.27. The van der Waals surface area contributed by atoms with E-state index in [9.17, 15) is 0 Å². The van der Waals surface area contributed by atoms with Gasteiger partial charge in [-0.2, -0.15) is 0 Å². The van der Waals surface area contributed by atoms with Gasteiger partial charge in [0.2, 0.25) is 0 Å². The van der Waals surface area contributed by atoms with E-state index in [1.54, 1.807) is 11.1 Å². The molecule has 0 amide bonds. The second-order valence-corrected chi connectivity index (χ2v) is 3.76. The minimum Gasteiger partial charge on any atom is -0.311 e. The van der Waals surface area contributed by atoms with Crippen molar-refractivity contribution in [3.63, 3.8) is 0 Å². The van der Waals surface area contributed by atoms with Crippen LogP contribution in [0.25, 0.3) is 0 Å². The van der Waals surface area contributed by atoms with Crippen molar-refractivity contribution >= 4 is 0 Å². The fraction of sp³-hybridized carbons (Fsp3) is 0.778. The zero-order valence-corrected chi connectivity index (χ0v) is 7.28. The van der Waals surface area contributed by atoms with Gasteiger partial charge < -0.3 is 10.6 Å². The molecule has 0 aromatic rings. The van der Waals surface area contributed by atoms with Gasteiger partial charge in [-0.1, -0.05) is 5.57 Å². The molecule has 0 aliphatic carbocycles. The third kappa shape index (κ3) is 1.21. The van der Waals surface area contributed by atoms with E-state index in [-0.39, 0.29) is 0 Å². The predicted octanol–water partition coefficient (Wildman–Crippen LogP) is 0.656. The summed E-state index contributed by atoms with van der Waals surface area (Å²) in [5, 5.41) is 6.98. The Morgan fingerprint density at radius 1 is 1.45 bits per heavy atom. The molecule has 0 spiro atoms. The Hall–Kier alpha value is -0.340. The molecule has 2 N–H and O–H groups in total. The summed E-state index contributed by atoms with van der Waals surface area (Å²) in [6.07, 6.45) is 1.23. The molecular weight excluding hydrogens is 136 g/mol. The fourth-order valence-electron chi connectivity index (χ4n) is 2.20. The van der Waals surface area contributed by atoms with Crippen molar-refractivity contribution in [3.05, 3.63) is 11.1 Å². The van der Waals surface area contributed by atoms with Gasteiger partial charge in [-0.25, -0.2) is 0 Å². The summed E-state index contributed by atoms with van der Waals surface area (Å²) >= 11 is 0. The molecule has 2 atom stereocenters. The molecule has 0 aromatic heterocycles. The second kappa shape index (κ2) is 2.61. The maximum absolute atomic E-state index is 3.59. The molecule has 0 saturated carbocycles. The molecule has 2 aliphatic rings. The summed E-state index contributed by atoms with van der Waals surface area (Å²) in [6.45, 7) is 6.76. The van der Waals surface area contributed by atoms with E-state index in [0.717, 1.165) is 13.1 Å². The van der Waals surface area contributed by atoms with E-state index in [1.165, 1.54) is 6.42 Å². The zero-order chi connectivity index (χ0) is 7.84. The van der Waals surface area contributed by atoms with E-state index in [0.29, 0.717) is 12.1 Å². The van der Waals surface area contributed by atoms with Crippen molar-refractivity contribution in [1.29, 1.82) is 0 Å². The van der Waals surface area contributed by atoms with Crippen LogP contribution in [0, 0.1) is 0 Å². The number of hydrogen-bond acceptors (Lipinski definition) is 2. The Balaban J connectivity index is 2.23. The number of nitrogens with one attached hydrogen (secondary N) is 2. The molecule has 2 heteroatoms. The van der Waals surface area contributed by atoms with Crippen LogP contribution in [0.2, 0.25) is 0 Å². The van der Waals surface area contributed by atoms with E-state index in [2.05, 4.69) is 24.5 Å². The molecule has 1 saturated heterocycles. The first kappa shape index (κ1) is 7.32. The highest BCUT2D eigenvalue weighted by Crippen LogP contribution is 2.22. The van der Waals surface area contributed by atoms with Crippen molar-refractivity contribution in [2.24, 2.45) is 0 Å². The number of hydrogen-bond donors (Lipinski definition) is 2. The Morgan fingerprint density at radius 3 is 3.09 bits per heavy atom. The van der Waals surface area contributed by atoms with Crippen LogP contribution < -0.4 is 10.6 Å². The Bertz CT molecular complexity index is 196. The van der Waals surface area contributed by atoms with Crippen LogP contribution in [-0.4, -0.2) is 25.2 Å². The molecular formula is C9H16N2. The van der Waals surface area contributed by atoms with Crippen molar-refractivity contribution in [2.75, 3.05) is 13.1 Å². The van der Waals surface area contributed by atoms with Gasteiger partial charge in [-0.05, 0) is 25.8 Å². The lowest BCUT2D eigenvalue weighted by Gasteiger charge is -2.27. The summed E-state index contributed by atoms with van der Waals surface area (Å²) in [5.74, 6) is 0. The van der Waals surface area contributed by atoms with Gasteiger partial charge in [0.1, 0.15) is 0 Å². The topological polar surface area (TPSA) is 24.1 Å². The molecule has 0 radical (unpaired) electrons. The summed E-state index contributed by atoms with van der Waals surface area (Å²) in [5.41, 5.74) is 3.22. The normalized spacial score (nSPS) is 37.6. The summed E-state index contributed by atoms with van der Waals surface area (Å²) in [4.78, 5) is 0. The SMILES string of the molecule is CC1=C2CNCC2NC(C)C1. The molecule has 2 aliphatic heterocycles. The minimum atomic E-state index is 0.638. The third-order valence-corrected chi connectivity index (χ3v) is 2.73. The molecule has 0 aromatic carbocycles. The molecule has 11 heavy (non-hydrogen) atoms. The minimum absolute atomic E-state index is 0.638. The van der Waals surface area contributed by atoms with Crippen molar-refractivity contribution in [2.45, 2.75) is 32.4 Å². The summed E-state index contributed by atoms with van der Waals surface area (Å²) < 4.78 is 0. The maximum atomic E-state index is 3.59.